The number of ether oxygens (including phenoxy) is 4. The SMILES string of the molecule is C[NH+]=C(N)CCCSC1CC(=O)N(CCCC(=O)CCC(=O)CCCOc2ccc(/C(C)=N\N(C)C(=O)C(C)(C)C(=O)N(C)CCN(C)C(=O)OC3=CC4C(c5c3[nH]c(C)c5C(=O)OC)C(CCl)CN4C(=O)c3cc4cc(OC)ccc4o3)cc2)C1=O.[Cl-]. The molecule has 4 aromatic rings. The maximum absolute atomic E-state index is 14.4. The molecule has 3 aliphatic rings. The van der Waals surface area contributed by atoms with Crippen molar-refractivity contribution in [2.45, 2.75) is 103 Å². The molecule has 4 atom stereocenters. The molecule has 0 radical (unpaired) electrons. The summed E-state index contributed by atoms with van der Waals surface area (Å²) in [4.78, 5) is 131. The number of nitrogens with one attached hydrogen (secondary N) is 2. The molecule has 4 heterocycles. The lowest BCUT2D eigenvalue weighted by Crippen LogP contribution is -3.00. The first kappa shape index (κ1) is 69.4. The first-order valence-corrected chi connectivity index (χ1v) is 30.5. The zero-order valence-corrected chi connectivity index (χ0v) is 53.8. The maximum atomic E-state index is 14.4. The third kappa shape index (κ3) is 16.3. The zero-order valence-electron chi connectivity index (χ0n) is 51.5. The second-order valence-corrected chi connectivity index (χ2v) is 24.1. The summed E-state index contributed by atoms with van der Waals surface area (Å²) in [5.41, 5.74) is 7.45. The van der Waals surface area contributed by atoms with Crippen LogP contribution in [0, 0.1) is 18.3 Å². The number of fused-ring (bicyclic) bond motifs is 4. The zero-order chi connectivity index (χ0) is 63.4. The van der Waals surface area contributed by atoms with Gasteiger partial charge in [0.25, 0.3) is 11.8 Å². The summed E-state index contributed by atoms with van der Waals surface area (Å²) < 4.78 is 28.5. The average Bonchev–Trinajstić information content (AvgIpc) is 1.57. The normalized spacial score (nSPS) is 17.4. The van der Waals surface area contributed by atoms with E-state index in [9.17, 15) is 43.2 Å². The second-order valence-electron chi connectivity index (χ2n) is 22.5. The van der Waals surface area contributed by atoms with Gasteiger partial charge in [-0.1, -0.05) is 0 Å². The highest BCUT2D eigenvalue weighted by Gasteiger charge is 2.51. The number of thioether (sulfide) groups is 1. The fourth-order valence-electron chi connectivity index (χ4n) is 11.0. The van der Waals surface area contributed by atoms with Gasteiger partial charge in [0.05, 0.1) is 56.1 Å². The Hall–Kier alpha value is -7.70. The fraction of sp³-hybridized carbons (Fsp3) is 0.500. The summed E-state index contributed by atoms with van der Waals surface area (Å²) in [6.07, 6.45) is 3.89. The van der Waals surface area contributed by atoms with Gasteiger partial charge in [-0.15, -0.1) is 23.4 Å². The van der Waals surface area contributed by atoms with Gasteiger partial charge in [-0.25, -0.2) is 14.6 Å². The van der Waals surface area contributed by atoms with Gasteiger partial charge in [-0.05, 0) is 119 Å². The number of Topliss-reactive ketones (excluding diaryl/α,β-unsaturated/α-hetero) is 2. The van der Waals surface area contributed by atoms with Crippen LogP contribution in [0.5, 0.6) is 11.5 Å². The summed E-state index contributed by atoms with van der Waals surface area (Å²) in [5, 5.41) is 5.85. The number of nitrogens with zero attached hydrogens (tertiary/aromatic N) is 6. The minimum atomic E-state index is -1.57. The van der Waals surface area contributed by atoms with Crippen LogP contribution in [0.1, 0.15) is 128 Å². The number of furan rings is 1. The number of aromatic amines is 1. The van der Waals surface area contributed by atoms with Crippen molar-refractivity contribution in [3.05, 3.63) is 88.4 Å². The number of halogens is 2. The van der Waals surface area contributed by atoms with Crippen molar-refractivity contribution in [2.24, 2.45) is 22.2 Å². The minimum Gasteiger partial charge on any atom is -1.00 e. The maximum Gasteiger partial charge on any atom is 0.415 e. The Balaban J connectivity index is 0.0000124. The monoisotopic (exact) mass is 1280 g/mol. The Morgan fingerprint density at radius 3 is 2.23 bits per heavy atom. The highest BCUT2D eigenvalue weighted by molar-refractivity contribution is 8.00. The number of amides is 6. The van der Waals surface area contributed by atoms with Crippen molar-refractivity contribution in [1.82, 2.24) is 29.6 Å². The molecule has 2 aromatic heterocycles. The molecule has 2 saturated heterocycles. The fourth-order valence-corrected chi connectivity index (χ4v) is 12.4. The highest BCUT2D eigenvalue weighted by Crippen LogP contribution is 2.49. The molecule has 0 spiro atoms. The standard InChI is InChI=1S/C62H78ClN9O14S.ClH/c1-36(38-17-21-43(22-18-38)84-28-12-15-42(74)20-19-41(73)14-11-25-71-51(75)33-49(57(71)77)87-29-13-16-50(64)65-5)67-70(8)60(80)62(3,4)59(79)68(6)26-27-69(7)61(81)86-47-32-45-53(54-52(58(78)83-10)37(2)66-55(47)54)40(34-63)35-72(45)56(76)48-31-39-30-44(82-9)23-24-46(39)85-48;/h17-18,21-24,30-32,40,45,49,53,66H,11-16,19-20,25-29,33-35H2,1-10H3,(H2,64,65);1H/b67-36-;. The molecule has 4 unspecified atom stereocenters. The molecular formula is C62H79Cl2N9O14S. The van der Waals surface area contributed by atoms with Crippen molar-refractivity contribution in [3.63, 3.8) is 0 Å². The van der Waals surface area contributed by atoms with E-state index in [0.29, 0.717) is 81.5 Å². The van der Waals surface area contributed by atoms with Crippen molar-refractivity contribution in [1.29, 1.82) is 0 Å². The van der Waals surface area contributed by atoms with Gasteiger partial charge in [-0.3, -0.25) is 49.2 Å². The molecule has 0 bridgehead atoms. The predicted molar refractivity (Wildman–Crippen MR) is 327 cm³/mol. The molecule has 4 N–H and O–H groups in total. The molecule has 476 valence electrons. The number of hydrogen-bond donors (Lipinski definition) is 3. The average molecular weight is 1280 g/mol. The molecule has 23 nitrogen and oxygen atoms in total. The van der Waals surface area contributed by atoms with Gasteiger partial charge in [-0.2, -0.15) is 5.10 Å². The lowest BCUT2D eigenvalue weighted by molar-refractivity contribution is -0.422. The number of likely N-dealkylation sites (tertiary alicyclic amines) is 2. The summed E-state index contributed by atoms with van der Waals surface area (Å²) in [5.74, 6) is -0.766. The molecule has 2 aliphatic heterocycles. The van der Waals surface area contributed by atoms with Crippen LogP contribution in [-0.4, -0.2) is 192 Å². The quantitative estimate of drug-likeness (QED) is 0.0103. The predicted octanol–water partition coefficient (Wildman–Crippen LogP) is 2.69. The molecule has 7 rings (SSSR count). The lowest BCUT2D eigenvalue weighted by atomic mass is 9.79. The molecule has 6 amide bonds. The summed E-state index contributed by atoms with van der Waals surface area (Å²) >= 11 is 8.05. The number of amidine groups is 1. The topological polar surface area (TPSA) is 288 Å². The molecule has 2 aromatic carbocycles. The molecule has 26 heteroatoms. The number of likely N-dealkylation sites (N-methyl/N-ethyl adjacent to an activating group) is 2. The molecule has 2 fully saturated rings. The molecular weight excluding hydrogens is 1200 g/mol. The van der Waals surface area contributed by atoms with Crippen LogP contribution in [0.4, 0.5) is 4.79 Å². The second kappa shape index (κ2) is 31.0. The van der Waals surface area contributed by atoms with Gasteiger partial charge in [0.1, 0.15) is 34.1 Å². The van der Waals surface area contributed by atoms with Gasteiger partial charge in [0.2, 0.25) is 23.6 Å². The van der Waals surface area contributed by atoms with Gasteiger partial charge >= 0.3 is 12.1 Å². The number of aromatic nitrogens is 1. The van der Waals surface area contributed by atoms with Crippen molar-refractivity contribution in [2.75, 3.05) is 86.8 Å². The Kier molecular flexibility index (Phi) is 24.4. The number of esters is 1. The number of hydrogen-bond acceptors (Lipinski definition) is 16. The Morgan fingerprint density at radius 1 is 0.898 bits per heavy atom. The first-order valence-electron chi connectivity index (χ1n) is 28.9. The van der Waals surface area contributed by atoms with Crippen LogP contribution in [0.2, 0.25) is 0 Å². The number of H-pyrrole nitrogens is 1. The van der Waals surface area contributed by atoms with E-state index < -0.39 is 52.4 Å². The Labute approximate surface area is 527 Å². The van der Waals surface area contributed by atoms with Crippen LogP contribution < -0.4 is 32.6 Å². The van der Waals surface area contributed by atoms with E-state index in [-0.39, 0.29) is 130 Å². The van der Waals surface area contributed by atoms with E-state index in [1.807, 2.05) is 0 Å². The number of carbonyl (C=O) groups excluding carboxylic acids is 9. The summed E-state index contributed by atoms with van der Waals surface area (Å²) in [6.45, 7) is 7.07. The van der Waals surface area contributed by atoms with E-state index in [0.717, 1.165) is 11.4 Å². The van der Waals surface area contributed by atoms with E-state index in [1.165, 1.54) is 68.6 Å². The third-order valence-corrected chi connectivity index (χ3v) is 17.7. The van der Waals surface area contributed by atoms with E-state index in [2.05, 4.69) is 15.1 Å². The lowest BCUT2D eigenvalue weighted by Gasteiger charge is -2.32. The first-order chi connectivity index (χ1) is 41.4. The van der Waals surface area contributed by atoms with Crippen LogP contribution >= 0.6 is 23.4 Å². The van der Waals surface area contributed by atoms with Crippen LogP contribution in [0.15, 0.2) is 64.1 Å². The number of ketones is 2. The number of carbonyl (C=O) groups is 9. The van der Waals surface area contributed by atoms with Gasteiger partial charge in [0, 0.05) is 114 Å². The van der Waals surface area contributed by atoms with Crippen LogP contribution in [0.25, 0.3) is 16.7 Å². The number of alkyl halides is 1. The number of hydrazone groups is 1. The number of benzene rings is 2. The van der Waals surface area contributed by atoms with Gasteiger partial charge in [0.15, 0.2) is 11.5 Å². The molecule has 1 aliphatic carbocycles. The Bertz CT molecular complexity index is 3360. The Morgan fingerprint density at radius 2 is 1.57 bits per heavy atom. The summed E-state index contributed by atoms with van der Waals surface area (Å²) in [6, 6.07) is 13.1. The van der Waals surface area contributed by atoms with Gasteiger partial charge < -0.3 is 55.5 Å². The molecule has 88 heavy (non-hydrogen) atoms. The number of rotatable bonds is 29. The molecule has 0 saturated carbocycles. The third-order valence-electron chi connectivity index (χ3n) is 16.0. The summed E-state index contributed by atoms with van der Waals surface area (Å²) in [7, 11) is 9.04. The highest BCUT2D eigenvalue weighted by atomic mass is 35.5. The minimum absolute atomic E-state index is 0. The van der Waals surface area contributed by atoms with E-state index >= 15 is 0 Å². The van der Waals surface area contributed by atoms with Crippen LogP contribution in [-0.2, 0) is 38.2 Å². The smallest absolute Gasteiger partial charge is 0.415 e. The number of imide groups is 1. The number of aryl methyl sites for hydroxylation is 1. The van der Waals surface area contributed by atoms with Crippen LogP contribution in [0.3, 0.4) is 0 Å². The van der Waals surface area contributed by atoms with Crippen molar-refractivity contribution >= 4 is 105 Å². The largest absolute Gasteiger partial charge is 1.00 e. The van der Waals surface area contributed by atoms with Crippen molar-refractivity contribution in [3.8, 4) is 11.5 Å². The van der Waals surface area contributed by atoms with Crippen molar-refractivity contribution < 1.29 is 83.9 Å². The van der Waals surface area contributed by atoms with E-state index in [1.54, 1.807) is 87.5 Å². The number of methoxy groups -OCH3 is 2. The number of nitrogens with two attached hydrogens (primary N) is 1. The van der Waals surface area contributed by atoms with E-state index in [4.69, 9.17) is 40.7 Å².